The molecule has 0 fully saturated rings. The lowest BCUT2D eigenvalue weighted by atomic mass is 9.99. The second kappa shape index (κ2) is 9.39. The van der Waals surface area contributed by atoms with Crippen LogP contribution in [0, 0.1) is 0 Å². The van der Waals surface area contributed by atoms with Gasteiger partial charge in [-0.25, -0.2) is 4.99 Å². The van der Waals surface area contributed by atoms with Crippen molar-refractivity contribution in [3.63, 3.8) is 0 Å². The highest BCUT2D eigenvalue weighted by molar-refractivity contribution is 6.16. The molecular formula is C41H27N3O. The van der Waals surface area contributed by atoms with Crippen molar-refractivity contribution >= 4 is 49.3 Å². The highest BCUT2D eigenvalue weighted by Crippen LogP contribution is 2.48. The molecule has 2 aliphatic rings. The normalized spacial score (nSPS) is 17.1. The van der Waals surface area contributed by atoms with Gasteiger partial charge in [0.2, 0.25) is 0 Å². The summed E-state index contributed by atoms with van der Waals surface area (Å²) < 4.78 is 6.46. The number of fused-ring (bicyclic) bond motifs is 7. The summed E-state index contributed by atoms with van der Waals surface area (Å²) in [5.41, 5.74) is 10.1. The Bertz CT molecular complexity index is 2520. The fourth-order valence-corrected chi connectivity index (χ4v) is 7.34. The van der Waals surface area contributed by atoms with Gasteiger partial charge in [0.15, 0.2) is 0 Å². The first kappa shape index (κ1) is 24.7. The van der Waals surface area contributed by atoms with Gasteiger partial charge < -0.3 is 9.73 Å². The van der Waals surface area contributed by atoms with Crippen molar-refractivity contribution in [3.05, 3.63) is 156 Å². The van der Waals surface area contributed by atoms with Crippen molar-refractivity contribution in [2.45, 2.75) is 12.3 Å². The fourth-order valence-electron chi connectivity index (χ4n) is 7.34. The Morgan fingerprint density at radius 1 is 0.511 bits per heavy atom. The van der Waals surface area contributed by atoms with Crippen LogP contribution in [0.5, 0.6) is 0 Å². The van der Waals surface area contributed by atoms with E-state index in [2.05, 4.69) is 138 Å². The highest BCUT2D eigenvalue weighted by Gasteiger charge is 2.29. The van der Waals surface area contributed by atoms with Crippen LogP contribution in [-0.2, 0) is 0 Å². The number of amidine groups is 1. The monoisotopic (exact) mass is 577 g/mol. The minimum absolute atomic E-state index is 0.166. The predicted molar refractivity (Wildman–Crippen MR) is 184 cm³/mol. The Kier molecular flexibility index (Phi) is 5.16. The molecule has 1 aliphatic heterocycles. The molecule has 2 unspecified atom stereocenters. The lowest BCUT2D eigenvalue weighted by molar-refractivity contribution is 0.409. The summed E-state index contributed by atoms with van der Waals surface area (Å²) in [6, 6.07) is 49.7. The van der Waals surface area contributed by atoms with Crippen LogP contribution >= 0.6 is 0 Å². The Morgan fingerprint density at radius 3 is 2.13 bits per heavy atom. The van der Waals surface area contributed by atoms with Crippen LogP contribution in [-0.4, -0.2) is 5.84 Å². The quantitative estimate of drug-likeness (QED) is 0.220. The number of hydrogen-bond donors (Lipinski definition) is 2. The first-order valence-corrected chi connectivity index (χ1v) is 15.4. The molecule has 7 aromatic carbocycles. The summed E-state index contributed by atoms with van der Waals surface area (Å²) in [5, 5.41) is 14.8. The smallest absolute Gasteiger partial charge is 0.146 e. The number of nitrogens with zero attached hydrogens (tertiary/aromatic N) is 1. The van der Waals surface area contributed by atoms with Gasteiger partial charge in [0.1, 0.15) is 29.3 Å². The molecule has 0 radical (unpaired) electrons. The lowest BCUT2D eigenvalue weighted by Crippen LogP contribution is -2.45. The number of aliphatic imine (C=N–C) groups is 1. The SMILES string of the molecule is c1ccc2cc(C3NC(c4cccc5c4oc4ccccc45)=NC(c4ccc5c(c4)-c4cccc6cccc-5c46)N3)ccc2c1. The third kappa shape index (κ3) is 3.73. The van der Waals surface area contributed by atoms with E-state index >= 15 is 0 Å². The van der Waals surface area contributed by atoms with Gasteiger partial charge in [0.05, 0.1) is 5.56 Å². The van der Waals surface area contributed by atoms with Crippen LogP contribution in [0.3, 0.4) is 0 Å². The van der Waals surface area contributed by atoms with E-state index in [0.29, 0.717) is 0 Å². The number of para-hydroxylation sites is 2. The molecule has 0 saturated heterocycles. The third-order valence-corrected chi connectivity index (χ3v) is 9.47. The summed E-state index contributed by atoms with van der Waals surface area (Å²) >= 11 is 0. The molecule has 45 heavy (non-hydrogen) atoms. The van der Waals surface area contributed by atoms with Crippen LogP contribution in [0.15, 0.2) is 149 Å². The Balaban J connectivity index is 1.14. The predicted octanol–water partition coefficient (Wildman–Crippen LogP) is 9.88. The molecule has 212 valence electrons. The lowest BCUT2D eigenvalue weighted by Gasteiger charge is -2.32. The average molecular weight is 578 g/mol. The summed E-state index contributed by atoms with van der Waals surface area (Å²) in [6.07, 6.45) is -0.439. The van der Waals surface area contributed by atoms with Crippen molar-refractivity contribution < 1.29 is 4.42 Å². The van der Waals surface area contributed by atoms with Gasteiger partial charge in [-0.2, -0.15) is 0 Å². The minimum Gasteiger partial charge on any atom is -0.455 e. The van der Waals surface area contributed by atoms with Crippen LogP contribution in [0.25, 0.3) is 65.7 Å². The second-order valence-electron chi connectivity index (χ2n) is 12.0. The van der Waals surface area contributed by atoms with E-state index in [1.807, 2.05) is 12.1 Å². The first-order chi connectivity index (χ1) is 22.3. The highest BCUT2D eigenvalue weighted by atomic mass is 16.3. The standard InChI is InChI=1S/C41H27N3O/c1-2-9-26-22-27(19-18-24(26)8-1)39-42-40(28-20-21-29-31-13-5-10-25-11-6-14-32(37(25)31)35(29)23-28)44-41(43-39)34-16-7-15-33-30-12-3-4-17-36(30)45-38(33)34/h1-23,39-40,42H,(H,43,44). The van der Waals surface area contributed by atoms with Crippen molar-refractivity contribution in [1.82, 2.24) is 10.6 Å². The van der Waals surface area contributed by atoms with Crippen molar-refractivity contribution in [3.8, 4) is 22.3 Å². The molecule has 0 bridgehead atoms. The molecule has 10 rings (SSSR count). The van der Waals surface area contributed by atoms with E-state index in [9.17, 15) is 0 Å². The van der Waals surface area contributed by atoms with E-state index in [4.69, 9.17) is 9.41 Å². The molecule has 0 spiro atoms. The van der Waals surface area contributed by atoms with Gasteiger partial charge in [-0.15, -0.1) is 0 Å². The maximum absolute atomic E-state index is 6.46. The van der Waals surface area contributed by atoms with Crippen molar-refractivity contribution in [2.24, 2.45) is 4.99 Å². The summed E-state index contributed by atoms with van der Waals surface area (Å²) in [7, 11) is 0. The molecule has 4 heteroatoms. The van der Waals surface area contributed by atoms with E-state index in [0.717, 1.165) is 44.5 Å². The molecular weight excluding hydrogens is 550 g/mol. The number of rotatable bonds is 3. The largest absolute Gasteiger partial charge is 0.455 e. The molecule has 2 heterocycles. The summed E-state index contributed by atoms with van der Waals surface area (Å²) in [5.74, 6) is 0.812. The van der Waals surface area contributed by atoms with Crippen molar-refractivity contribution in [2.75, 3.05) is 0 Å². The molecule has 1 aliphatic carbocycles. The Hall–Kier alpha value is -5.71. The van der Waals surface area contributed by atoms with Gasteiger partial charge >= 0.3 is 0 Å². The van der Waals surface area contributed by atoms with E-state index in [-0.39, 0.29) is 12.3 Å². The maximum Gasteiger partial charge on any atom is 0.146 e. The zero-order chi connectivity index (χ0) is 29.5. The van der Waals surface area contributed by atoms with Crippen LogP contribution < -0.4 is 10.6 Å². The Morgan fingerprint density at radius 2 is 1.22 bits per heavy atom. The molecule has 2 N–H and O–H groups in total. The van der Waals surface area contributed by atoms with Gasteiger partial charge in [0, 0.05) is 10.8 Å². The zero-order valence-corrected chi connectivity index (χ0v) is 24.3. The third-order valence-electron chi connectivity index (χ3n) is 9.47. The molecule has 4 nitrogen and oxygen atoms in total. The van der Waals surface area contributed by atoms with Gasteiger partial charge in [-0.1, -0.05) is 115 Å². The zero-order valence-electron chi connectivity index (χ0n) is 24.3. The molecule has 1 aromatic heterocycles. The Labute approximate surface area is 259 Å². The van der Waals surface area contributed by atoms with Crippen LogP contribution in [0.4, 0.5) is 0 Å². The second-order valence-corrected chi connectivity index (χ2v) is 12.0. The summed E-state index contributed by atoms with van der Waals surface area (Å²) in [4.78, 5) is 5.34. The van der Waals surface area contributed by atoms with Gasteiger partial charge in [0.25, 0.3) is 0 Å². The topological polar surface area (TPSA) is 49.6 Å². The molecule has 0 saturated carbocycles. The van der Waals surface area contributed by atoms with E-state index in [1.54, 1.807) is 0 Å². The number of benzene rings is 7. The van der Waals surface area contributed by atoms with Gasteiger partial charge in [-0.05, 0) is 79.2 Å². The van der Waals surface area contributed by atoms with Gasteiger partial charge in [-0.3, -0.25) is 5.32 Å². The molecule has 8 aromatic rings. The van der Waals surface area contributed by atoms with E-state index in [1.165, 1.54) is 43.8 Å². The van der Waals surface area contributed by atoms with E-state index < -0.39 is 0 Å². The molecule has 2 atom stereocenters. The van der Waals surface area contributed by atoms with Crippen LogP contribution in [0.2, 0.25) is 0 Å². The fraction of sp³-hybridized carbons (Fsp3) is 0.0488. The minimum atomic E-state index is -0.273. The number of furan rings is 1. The summed E-state index contributed by atoms with van der Waals surface area (Å²) in [6.45, 7) is 0. The van der Waals surface area contributed by atoms with Crippen LogP contribution in [0.1, 0.15) is 29.0 Å². The average Bonchev–Trinajstić information content (AvgIpc) is 3.65. The first-order valence-electron chi connectivity index (χ1n) is 15.4. The molecule has 0 amide bonds. The number of hydrogen-bond acceptors (Lipinski definition) is 4. The maximum atomic E-state index is 6.46. The number of nitrogens with one attached hydrogen (secondary N) is 2. The van der Waals surface area contributed by atoms with Crippen molar-refractivity contribution in [1.29, 1.82) is 0 Å².